The van der Waals surface area contributed by atoms with Crippen molar-refractivity contribution in [3.63, 3.8) is 0 Å². The summed E-state index contributed by atoms with van der Waals surface area (Å²) in [6.07, 6.45) is 0.193. The Labute approximate surface area is 106 Å². The molecular formula is C15H17NO2. The smallest absolute Gasteiger partial charge is 0.208 e. The molecule has 2 aromatic rings. The summed E-state index contributed by atoms with van der Waals surface area (Å²) in [5, 5.41) is 1.32. The first-order chi connectivity index (χ1) is 8.58. The Kier molecular flexibility index (Phi) is 1.86. The number of fused-ring (bicyclic) bond motifs is 6. The van der Waals surface area contributed by atoms with Gasteiger partial charge in [0.2, 0.25) is 5.79 Å². The molecule has 1 fully saturated rings. The molecule has 2 atom stereocenters. The number of nitrogens with zero attached hydrogens (tertiary/aromatic N) is 1. The zero-order valence-corrected chi connectivity index (χ0v) is 11.0. The van der Waals surface area contributed by atoms with E-state index in [1.807, 2.05) is 6.92 Å². The highest BCUT2D eigenvalue weighted by Gasteiger charge is 2.47. The van der Waals surface area contributed by atoms with Gasteiger partial charge in [0.25, 0.3) is 0 Å². The Hall–Kier alpha value is -1.32. The highest BCUT2D eigenvalue weighted by atomic mass is 16.7. The van der Waals surface area contributed by atoms with E-state index in [9.17, 15) is 0 Å². The molecule has 3 nitrogen and oxygen atoms in total. The van der Waals surface area contributed by atoms with Crippen LogP contribution in [0.15, 0.2) is 18.2 Å². The molecule has 18 heavy (non-hydrogen) atoms. The van der Waals surface area contributed by atoms with Crippen molar-refractivity contribution in [1.29, 1.82) is 0 Å². The Bertz CT molecular complexity index is 658. The summed E-state index contributed by atoms with van der Waals surface area (Å²) in [4.78, 5) is 0. The lowest BCUT2D eigenvalue weighted by Gasteiger charge is -2.31. The van der Waals surface area contributed by atoms with Gasteiger partial charge in [-0.3, -0.25) is 0 Å². The van der Waals surface area contributed by atoms with E-state index in [1.54, 1.807) is 0 Å². The largest absolute Gasteiger partial charge is 0.342 e. The lowest BCUT2D eigenvalue weighted by Crippen LogP contribution is -2.34. The van der Waals surface area contributed by atoms with Crippen LogP contribution in [0.1, 0.15) is 23.7 Å². The molecule has 0 radical (unpaired) electrons. The second-order valence-electron chi connectivity index (χ2n) is 5.60. The van der Waals surface area contributed by atoms with E-state index in [1.165, 1.54) is 27.7 Å². The third-order valence-electron chi connectivity index (χ3n) is 4.22. The molecule has 1 aromatic carbocycles. The molecule has 0 saturated carbocycles. The van der Waals surface area contributed by atoms with Crippen molar-refractivity contribution in [2.24, 2.45) is 0 Å². The van der Waals surface area contributed by atoms with E-state index in [4.69, 9.17) is 9.47 Å². The van der Waals surface area contributed by atoms with Crippen LogP contribution in [0.25, 0.3) is 10.9 Å². The van der Waals surface area contributed by atoms with Crippen molar-refractivity contribution < 1.29 is 9.47 Å². The number of aromatic nitrogens is 1. The standard InChI is InChI=1S/C15H17NO2/c1-9-4-5-13-12(6-9)10(2)14-15(3)17-8-11(18-15)7-16(13)14/h4-6,11H,7-8H2,1-3H3/t11-,15-/m0/s1. The fraction of sp³-hybridized carbons (Fsp3) is 0.467. The molecule has 4 rings (SSSR count). The first kappa shape index (κ1) is 10.6. The maximum absolute atomic E-state index is 6.01. The highest BCUT2D eigenvalue weighted by Crippen LogP contribution is 2.44. The van der Waals surface area contributed by atoms with Crippen molar-refractivity contribution in [3.8, 4) is 0 Å². The second-order valence-corrected chi connectivity index (χ2v) is 5.60. The van der Waals surface area contributed by atoms with Crippen LogP contribution >= 0.6 is 0 Å². The summed E-state index contributed by atoms with van der Waals surface area (Å²) >= 11 is 0. The molecule has 3 heteroatoms. The van der Waals surface area contributed by atoms with Gasteiger partial charge in [0.05, 0.1) is 18.8 Å². The SMILES string of the molecule is Cc1ccc2c(c1)c(C)c1n2C[C@H]2CO[C@@]1(C)O2. The summed E-state index contributed by atoms with van der Waals surface area (Å²) in [5.74, 6) is -0.556. The quantitative estimate of drug-likeness (QED) is 0.710. The lowest BCUT2D eigenvalue weighted by molar-refractivity contribution is -0.178. The number of hydrogen-bond donors (Lipinski definition) is 0. The van der Waals surface area contributed by atoms with Crippen LogP contribution < -0.4 is 0 Å². The minimum atomic E-state index is -0.556. The van der Waals surface area contributed by atoms with Gasteiger partial charge in [0, 0.05) is 10.9 Å². The third-order valence-corrected chi connectivity index (χ3v) is 4.22. The van der Waals surface area contributed by atoms with Gasteiger partial charge >= 0.3 is 0 Å². The normalized spacial score (nSPS) is 29.8. The van der Waals surface area contributed by atoms with Crippen LogP contribution in [0.5, 0.6) is 0 Å². The predicted molar refractivity (Wildman–Crippen MR) is 69.6 cm³/mol. The molecule has 1 aromatic heterocycles. The molecule has 0 spiro atoms. The minimum Gasteiger partial charge on any atom is -0.342 e. The predicted octanol–water partition coefficient (Wildman–Crippen LogP) is 2.86. The molecule has 0 aliphatic carbocycles. The molecule has 1 saturated heterocycles. The number of benzene rings is 1. The van der Waals surface area contributed by atoms with Gasteiger partial charge in [-0.15, -0.1) is 0 Å². The molecule has 0 amide bonds. The van der Waals surface area contributed by atoms with Crippen molar-refractivity contribution >= 4 is 10.9 Å². The molecular weight excluding hydrogens is 226 g/mol. The van der Waals surface area contributed by atoms with Crippen molar-refractivity contribution in [2.45, 2.75) is 39.2 Å². The van der Waals surface area contributed by atoms with Crippen LogP contribution in [-0.4, -0.2) is 17.3 Å². The van der Waals surface area contributed by atoms with Crippen molar-refractivity contribution in [2.75, 3.05) is 6.61 Å². The Morgan fingerprint density at radius 1 is 1.33 bits per heavy atom. The molecule has 3 heterocycles. The summed E-state index contributed by atoms with van der Waals surface area (Å²) < 4.78 is 14.3. The number of rotatable bonds is 0. The highest BCUT2D eigenvalue weighted by molar-refractivity contribution is 5.86. The average Bonchev–Trinajstić information content (AvgIpc) is 2.78. The molecule has 94 valence electrons. The van der Waals surface area contributed by atoms with E-state index in [0.717, 1.165) is 6.54 Å². The molecule has 0 unspecified atom stereocenters. The van der Waals surface area contributed by atoms with E-state index in [2.05, 4.69) is 36.6 Å². The zero-order chi connectivity index (χ0) is 12.5. The fourth-order valence-electron chi connectivity index (χ4n) is 3.47. The van der Waals surface area contributed by atoms with Gasteiger partial charge in [-0.1, -0.05) is 11.6 Å². The second kappa shape index (κ2) is 3.16. The summed E-state index contributed by atoms with van der Waals surface area (Å²) in [7, 11) is 0. The molecule has 2 bridgehead atoms. The van der Waals surface area contributed by atoms with Gasteiger partial charge in [-0.2, -0.15) is 0 Å². The monoisotopic (exact) mass is 243 g/mol. The van der Waals surface area contributed by atoms with Gasteiger partial charge in [-0.25, -0.2) is 0 Å². The minimum absolute atomic E-state index is 0.193. The van der Waals surface area contributed by atoms with Crippen LogP contribution in [0.4, 0.5) is 0 Å². The fourth-order valence-corrected chi connectivity index (χ4v) is 3.47. The van der Waals surface area contributed by atoms with E-state index in [-0.39, 0.29) is 6.10 Å². The Balaban J connectivity index is 2.10. The van der Waals surface area contributed by atoms with Gasteiger partial charge in [0.1, 0.15) is 6.10 Å². The van der Waals surface area contributed by atoms with Crippen LogP contribution in [0.3, 0.4) is 0 Å². The van der Waals surface area contributed by atoms with Crippen molar-refractivity contribution in [3.05, 3.63) is 35.0 Å². The summed E-state index contributed by atoms with van der Waals surface area (Å²) in [5.41, 5.74) is 5.08. The van der Waals surface area contributed by atoms with Crippen molar-refractivity contribution in [1.82, 2.24) is 4.57 Å². The van der Waals surface area contributed by atoms with Gasteiger partial charge in [0.15, 0.2) is 0 Å². The Morgan fingerprint density at radius 3 is 3.00 bits per heavy atom. The summed E-state index contributed by atoms with van der Waals surface area (Å²) in [6, 6.07) is 6.65. The molecule has 2 aliphatic heterocycles. The van der Waals surface area contributed by atoms with Gasteiger partial charge in [-0.05, 0) is 38.5 Å². The van der Waals surface area contributed by atoms with E-state index >= 15 is 0 Å². The number of ether oxygens (including phenoxy) is 2. The van der Waals surface area contributed by atoms with E-state index in [0.29, 0.717) is 6.61 Å². The zero-order valence-electron chi connectivity index (χ0n) is 11.0. The maximum atomic E-state index is 6.01. The Morgan fingerprint density at radius 2 is 2.17 bits per heavy atom. The van der Waals surface area contributed by atoms with Crippen LogP contribution in [0.2, 0.25) is 0 Å². The third kappa shape index (κ3) is 1.16. The van der Waals surface area contributed by atoms with Crippen LogP contribution in [0, 0.1) is 13.8 Å². The average molecular weight is 243 g/mol. The summed E-state index contributed by atoms with van der Waals surface area (Å²) in [6.45, 7) is 7.95. The number of aryl methyl sites for hydroxylation is 2. The van der Waals surface area contributed by atoms with Crippen LogP contribution in [-0.2, 0) is 21.8 Å². The van der Waals surface area contributed by atoms with Gasteiger partial charge < -0.3 is 14.0 Å². The number of hydrogen-bond acceptors (Lipinski definition) is 2. The lowest BCUT2D eigenvalue weighted by atomic mass is 10.1. The first-order valence-corrected chi connectivity index (χ1v) is 6.50. The van der Waals surface area contributed by atoms with E-state index < -0.39 is 5.79 Å². The maximum Gasteiger partial charge on any atom is 0.208 e. The first-order valence-electron chi connectivity index (χ1n) is 6.50. The topological polar surface area (TPSA) is 23.4 Å². The molecule has 0 N–H and O–H groups in total. The molecule has 2 aliphatic rings.